The number of ether oxygens (including phenoxy) is 1. The highest BCUT2D eigenvalue weighted by Crippen LogP contribution is 2.30. The van der Waals surface area contributed by atoms with Crippen molar-refractivity contribution in [3.63, 3.8) is 0 Å². The van der Waals surface area contributed by atoms with Crippen molar-refractivity contribution in [1.82, 2.24) is 4.98 Å². The number of rotatable bonds is 5. The molecule has 1 saturated carbocycles. The Morgan fingerprint density at radius 1 is 1.20 bits per heavy atom. The molecular weight excluding hydrogens is 397 g/mol. The van der Waals surface area contributed by atoms with E-state index in [1.54, 1.807) is 24.4 Å². The van der Waals surface area contributed by atoms with E-state index in [4.69, 9.17) is 9.84 Å². The number of carbonyl (C=O) groups excluding carboxylic acids is 1. The number of aliphatic hydroxyl groups is 1. The first-order valence-corrected chi connectivity index (χ1v) is 9.54. The van der Waals surface area contributed by atoms with Gasteiger partial charge in [0.05, 0.1) is 17.4 Å². The number of carbonyl (C=O) groups is 1. The van der Waals surface area contributed by atoms with E-state index in [1.165, 1.54) is 12.1 Å². The van der Waals surface area contributed by atoms with E-state index < -0.39 is 11.7 Å². The van der Waals surface area contributed by atoms with Gasteiger partial charge in [-0.1, -0.05) is 19.1 Å². The molecule has 5 nitrogen and oxygen atoms in total. The minimum Gasteiger partial charge on any atom is -0.489 e. The molecule has 1 amide bonds. The van der Waals surface area contributed by atoms with Crippen LogP contribution >= 0.6 is 0 Å². The van der Waals surface area contributed by atoms with Crippen molar-refractivity contribution in [1.29, 1.82) is 0 Å². The van der Waals surface area contributed by atoms with Gasteiger partial charge in [0, 0.05) is 17.1 Å². The number of anilines is 1. The van der Waals surface area contributed by atoms with Crippen LogP contribution in [-0.2, 0) is 17.6 Å². The van der Waals surface area contributed by atoms with Gasteiger partial charge in [-0.25, -0.2) is 0 Å². The van der Waals surface area contributed by atoms with Gasteiger partial charge in [-0.3, -0.25) is 4.79 Å². The molecule has 4 rings (SSSR count). The van der Waals surface area contributed by atoms with Crippen LogP contribution in [0.25, 0.3) is 10.9 Å². The lowest BCUT2D eigenvalue weighted by Crippen LogP contribution is -2.25. The molecule has 1 fully saturated rings. The fourth-order valence-corrected chi connectivity index (χ4v) is 3.19. The third-order valence-corrected chi connectivity index (χ3v) is 4.90. The lowest BCUT2D eigenvalue weighted by atomic mass is 9.84. The van der Waals surface area contributed by atoms with Crippen LogP contribution in [0.4, 0.5) is 18.9 Å². The Morgan fingerprint density at radius 3 is 2.43 bits per heavy atom. The molecule has 0 bridgehead atoms. The summed E-state index contributed by atoms with van der Waals surface area (Å²) in [5.74, 6) is 1.34. The fourth-order valence-electron chi connectivity index (χ4n) is 3.19. The van der Waals surface area contributed by atoms with E-state index >= 15 is 0 Å². The molecule has 0 saturated heterocycles. The summed E-state index contributed by atoms with van der Waals surface area (Å²) < 4.78 is 43.2. The number of benzene rings is 2. The molecule has 0 radical (unpaired) electrons. The average molecular weight is 420 g/mol. The van der Waals surface area contributed by atoms with Crippen LogP contribution in [0, 0.1) is 5.92 Å². The summed E-state index contributed by atoms with van der Waals surface area (Å²) in [6, 6.07) is 10.1. The second-order valence-corrected chi connectivity index (χ2v) is 7.39. The molecular formula is C22H23F3N2O3. The number of amides is 1. The third-order valence-electron chi connectivity index (χ3n) is 4.90. The van der Waals surface area contributed by atoms with E-state index in [9.17, 15) is 18.0 Å². The Kier molecular flexibility index (Phi) is 6.66. The monoisotopic (exact) mass is 420 g/mol. The number of H-pyrrole nitrogens is 1. The number of halogens is 3. The lowest BCUT2D eigenvalue weighted by Gasteiger charge is -2.27. The van der Waals surface area contributed by atoms with Crippen molar-refractivity contribution in [2.24, 2.45) is 5.92 Å². The molecule has 2 aromatic carbocycles. The minimum absolute atomic E-state index is 0.0417. The SMILES string of the molecule is CC1CC(O)C1.O=CNc1c[nH]c2ccc(OCc3ccc(C(F)(F)F)cc3)cc12. The average Bonchev–Trinajstić information content (AvgIpc) is 3.08. The van der Waals surface area contributed by atoms with Crippen molar-refractivity contribution in [2.75, 3.05) is 5.32 Å². The zero-order chi connectivity index (χ0) is 21.7. The standard InChI is InChI=1S/C17H13F3N2O2.C5H10O/c18-17(19,20)12-3-1-11(2-4-12)9-24-13-5-6-15-14(7-13)16(8-21-15)22-10-23;1-4-2-5(6)3-4/h1-8,10,21H,9H2,(H,22,23);4-6H,2-3H2,1H3. The van der Waals surface area contributed by atoms with Crippen LogP contribution < -0.4 is 10.1 Å². The molecule has 1 aliphatic rings. The maximum Gasteiger partial charge on any atom is 0.416 e. The van der Waals surface area contributed by atoms with Gasteiger partial charge < -0.3 is 20.1 Å². The number of hydrogen-bond acceptors (Lipinski definition) is 3. The predicted molar refractivity (Wildman–Crippen MR) is 108 cm³/mol. The number of aromatic nitrogens is 1. The van der Waals surface area contributed by atoms with Crippen molar-refractivity contribution in [3.05, 3.63) is 59.8 Å². The van der Waals surface area contributed by atoms with Crippen molar-refractivity contribution < 1.29 is 27.8 Å². The van der Waals surface area contributed by atoms with Crippen LogP contribution in [0.2, 0.25) is 0 Å². The van der Waals surface area contributed by atoms with Gasteiger partial charge >= 0.3 is 6.18 Å². The third kappa shape index (κ3) is 5.54. The summed E-state index contributed by atoms with van der Waals surface area (Å²) in [4.78, 5) is 13.6. The van der Waals surface area contributed by atoms with Crippen LogP contribution in [0.5, 0.6) is 5.75 Å². The summed E-state index contributed by atoms with van der Waals surface area (Å²) >= 11 is 0. The van der Waals surface area contributed by atoms with Gasteiger partial charge in [0.25, 0.3) is 0 Å². The van der Waals surface area contributed by atoms with Crippen LogP contribution in [0.1, 0.15) is 30.9 Å². The molecule has 3 aromatic rings. The van der Waals surface area contributed by atoms with E-state index in [0.29, 0.717) is 23.4 Å². The second kappa shape index (κ2) is 9.21. The van der Waals surface area contributed by atoms with E-state index in [2.05, 4.69) is 17.2 Å². The zero-order valence-corrected chi connectivity index (χ0v) is 16.4. The van der Waals surface area contributed by atoms with Crippen molar-refractivity contribution in [2.45, 2.75) is 38.7 Å². The first kappa shape index (κ1) is 21.7. The second-order valence-electron chi connectivity index (χ2n) is 7.39. The summed E-state index contributed by atoms with van der Waals surface area (Å²) in [5, 5.41) is 12.0. The van der Waals surface area contributed by atoms with E-state index in [0.717, 1.165) is 41.8 Å². The quantitative estimate of drug-likeness (QED) is 0.502. The highest BCUT2D eigenvalue weighted by atomic mass is 19.4. The Balaban J connectivity index is 0.000000367. The van der Waals surface area contributed by atoms with Crippen molar-refractivity contribution >= 4 is 23.0 Å². The number of fused-ring (bicyclic) bond motifs is 1. The molecule has 1 aromatic heterocycles. The topological polar surface area (TPSA) is 74.4 Å². The van der Waals surface area contributed by atoms with Crippen LogP contribution in [-0.4, -0.2) is 22.6 Å². The zero-order valence-electron chi connectivity index (χ0n) is 16.4. The molecule has 30 heavy (non-hydrogen) atoms. The minimum atomic E-state index is -4.35. The Morgan fingerprint density at radius 2 is 1.90 bits per heavy atom. The highest BCUT2D eigenvalue weighted by Gasteiger charge is 2.29. The van der Waals surface area contributed by atoms with E-state index in [-0.39, 0.29) is 12.7 Å². The molecule has 0 atom stereocenters. The number of aliphatic hydroxyl groups excluding tert-OH is 1. The molecule has 0 unspecified atom stereocenters. The summed E-state index contributed by atoms with van der Waals surface area (Å²) in [5.41, 5.74) is 1.40. The Hall–Kier alpha value is -3.00. The van der Waals surface area contributed by atoms with Gasteiger partial charge in [-0.05, 0) is 54.7 Å². The summed E-state index contributed by atoms with van der Waals surface area (Å²) in [7, 11) is 0. The molecule has 3 N–H and O–H groups in total. The molecule has 0 aliphatic heterocycles. The number of nitrogens with one attached hydrogen (secondary N) is 2. The predicted octanol–water partition coefficient (Wildman–Crippen LogP) is 5.11. The maximum absolute atomic E-state index is 12.5. The van der Waals surface area contributed by atoms with Gasteiger partial charge in [0.1, 0.15) is 12.4 Å². The number of alkyl halides is 3. The maximum atomic E-state index is 12.5. The van der Waals surface area contributed by atoms with Crippen LogP contribution in [0.3, 0.4) is 0 Å². The number of hydrogen-bond donors (Lipinski definition) is 3. The van der Waals surface area contributed by atoms with Gasteiger partial charge in [-0.2, -0.15) is 13.2 Å². The highest BCUT2D eigenvalue weighted by molar-refractivity contribution is 5.97. The number of aromatic amines is 1. The van der Waals surface area contributed by atoms with E-state index in [1.807, 2.05) is 0 Å². The normalized spacial score (nSPS) is 18.2. The van der Waals surface area contributed by atoms with Crippen molar-refractivity contribution in [3.8, 4) is 5.75 Å². The first-order chi connectivity index (χ1) is 14.3. The van der Waals surface area contributed by atoms with Gasteiger partial charge in [0.15, 0.2) is 0 Å². The molecule has 0 spiro atoms. The lowest BCUT2D eigenvalue weighted by molar-refractivity contribution is -0.137. The Labute approximate surface area is 171 Å². The smallest absolute Gasteiger partial charge is 0.416 e. The molecule has 8 heteroatoms. The molecule has 1 aliphatic carbocycles. The largest absolute Gasteiger partial charge is 0.489 e. The first-order valence-electron chi connectivity index (χ1n) is 9.54. The fraction of sp³-hybridized carbons (Fsp3) is 0.318. The molecule has 1 heterocycles. The van der Waals surface area contributed by atoms with Crippen LogP contribution in [0.15, 0.2) is 48.7 Å². The Bertz CT molecular complexity index is 971. The van der Waals surface area contributed by atoms with Gasteiger partial charge in [0.2, 0.25) is 6.41 Å². The van der Waals surface area contributed by atoms with Gasteiger partial charge in [-0.15, -0.1) is 0 Å². The summed E-state index contributed by atoms with van der Waals surface area (Å²) in [6.45, 7) is 2.30. The summed E-state index contributed by atoms with van der Waals surface area (Å²) in [6.07, 6.45) is -0.00224. The molecule has 160 valence electrons.